The van der Waals surface area contributed by atoms with Crippen LogP contribution in [0.2, 0.25) is 5.02 Å². The van der Waals surface area contributed by atoms with Gasteiger partial charge in [-0.15, -0.1) is 0 Å². The summed E-state index contributed by atoms with van der Waals surface area (Å²) in [6, 6.07) is 6.98. The number of likely N-dealkylation sites (tertiary alicyclic amines) is 1. The molecule has 0 aliphatic carbocycles. The van der Waals surface area contributed by atoms with Crippen LogP contribution < -0.4 is 9.47 Å². The molecular weight excluding hydrogens is 354 g/mol. The fourth-order valence-corrected chi connectivity index (χ4v) is 3.26. The van der Waals surface area contributed by atoms with Crippen LogP contribution >= 0.6 is 11.6 Å². The Morgan fingerprint density at radius 1 is 1.19 bits per heavy atom. The number of hydrogen-bond donors (Lipinski definition) is 1. The highest BCUT2D eigenvalue weighted by atomic mass is 35.5. The molecular formula is C19H24ClN3O3. The number of carbonyl (C=O) groups excluding carboxylic acids is 1. The number of nitrogens with one attached hydrogen (secondary N) is 1. The van der Waals surface area contributed by atoms with Crippen molar-refractivity contribution in [3.05, 3.63) is 40.7 Å². The van der Waals surface area contributed by atoms with Gasteiger partial charge in [0.05, 0.1) is 17.8 Å². The first-order valence-electron chi connectivity index (χ1n) is 8.97. The lowest BCUT2D eigenvalue weighted by atomic mass is 10.1. The monoisotopic (exact) mass is 377 g/mol. The maximum absolute atomic E-state index is 12.6. The smallest absolute Gasteiger partial charge is 0.274 e. The third kappa shape index (κ3) is 4.69. The number of methoxy groups -OCH3 is 1. The Morgan fingerprint density at radius 3 is 2.62 bits per heavy atom. The highest BCUT2D eigenvalue weighted by Gasteiger charge is 2.19. The molecule has 1 aliphatic heterocycles. The van der Waals surface area contributed by atoms with Gasteiger partial charge in [-0.3, -0.25) is 9.89 Å². The quantitative estimate of drug-likeness (QED) is 0.853. The number of carbonyl (C=O) groups is 1. The average Bonchev–Trinajstić information content (AvgIpc) is 3.09. The van der Waals surface area contributed by atoms with Crippen molar-refractivity contribution in [2.24, 2.45) is 0 Å². The largest absolute Gasteiger partial charge is 0.497 e. The summed E-state index contributed by atoms with van der Waals surface area (Å²) in [7, 11) is 1.58. The van der Waals surface area contributed by atoms with Crippen LogP contribution in [0.3, 0.4) is 0 Å². The first-order chi connectivity index (χ1) is 12.7. The lowest BCUT2D eigenvalue weighted by molar-refractivity contribution is 0.0736. The summed E-state index contributed by atoms with van der Waals surface area (Å²) in [5.74, 6) is 1.21. The number of H-pyrrole nitrogens is 1. The molecule has 7 heteroatoms. The molecule has 0 unspecified atom stereocenters. The van der Waals surface area contributed by atoms with Gasteiger partial charge < -0.3 is 14.4 Å². The SMILES string of the molecule is COc1ccc(OCc2cc(C(=O)N3CCCCCCC3)n[nH]2)c(Cl)c1. The van der Waals surface area contributed by atoms with Gasteiger partial charge in [-0.25, -0.2) is 0 Å². The molecule has 1 aromatic heterocycles. The van der Waals surface area contributed by atoms with Crippen molar-refractivity contribution in [3.63, 3.8) is 0 Å². The predicted molar refractivity (Wildman–Crippen MR) is 99.9 cm³/mol. The zero-order chi connectivity index (χ0) is 18.4. The zero-order valence-electron chi connectivity index (χ0n) is 15.0. The van der Waals surface area contributed by atoms with Crippen molar-refractivity contribution < 1.29 is 14.3 Å². The van der Waals surface area contributed by atoms with Crippen LogP contribution in [0, 0.1) is 0 Å². The van der Waals surface area contributed by atoms with Gasteiger partial charge in [0, 0.05) is 19.2 Å². The van der Waals surface area contributed by atoms with Crippen LogP contribution in [-0.2, 0) is 6.61 Å². The Bertz CT molecular complexity index is 739. The highest BCUT2D eigenvalue weighted by Crippen LogP contribution is 2.29. The molecule has 2 heterocycles. The molecule has 3 rings (SSSR count). The lowest BCUT2D eigenvalue weighted by Crippen LogP contribution is -2.34. The minimum absolute atomic E-state index is 0.0168. The van der Waals surface area contributed by atoms with Gasteiger partial charge in [0.2, 0.25) is 0 Å². The molecule has 1 fully saturated rings. The molecule has 2 aromatic rings. The molecule has 0 radical (unpaired) electrons. The summed E-state index contributed by atoms with van der Waals surface area (Å²) >= 11 is 6.17. The number of aromatic amines is 1. The van der Waals surface area contributed by atoms with Gasteiger partial charge in [-0.1, -0.05) is 30.9 Å². The van der Waals surface area contributed by atoms with E-state index in [2.05, 4.69) is 10.2 Å². The molecule has 0 spiro atoms. The van der Waals surface area contributed by atoms with Crippen LogP contribution in [0.15, 0.2) is 24.3 Å². The van der Waals surface area contributed by atoms with E-state index in [-0.39, 0.29) is 12.5 Å². The van der Waals surface area contributed by atoms with Gasteiger partial charge in [-0.05, 0) is 31.0 Å². The van der Waals surface area contributed by atoms with E-state index in [1.165, 1.54) is 19.3 Å². The van der Waals surface area contributed by atoms with Crippen molar-refractivity contribution in [2.45, 2.75) is 38.7 Å². The Hall–Kier alpha value is -2.21. The molecule has 26 heavy (non-hydrogen) atoms. The number of ether oxygens (including phenoxy) is 2. The standard InChI is InChI=1S/C19H24ClN3O3/c1-25-15-7-8-18(16(20)12-15)26-13-14-11-17(22-21-14)19(24)23-9-5-3-2-4-6-10-23/h7-8,11-12H,2-6,9-10,13H2,1H3,(H,21,22). The van der Waals surface area contributed by atoms with E-state index in [4.69, 9.17) is 21.1 Å². The molecule has 6 nitrogen and oxygen atoms in total. The second kappa shape index (κ2) is 8.94. The third-order valence-electron chi connectivity index (χ3n) is 4.52. The van der Waals surface area contributed by atoms with E-state index in [0.717, 1.165) is 31.6 Å². The second-order valence-electron chi connectivity index (χ2n) is 6.42. The maximum atomic E-state index is 12.6. The van der Waals surface area contributed by atoms with Crippen LogP contribution in [0.1, 0.15) is 48.3 Å². The van der Waals surface area contributed by atoms with Crippen LogP contribution in [-0.4, -0.2) is 41.2 Å². The summed E-state index contributed by atoms with van der Waals surface area (Å²) < 4.78 is 10.8. The first kappa shape index (κ1) is 18.6. The molecule has 140 valence electrons. The Balaban J connectivity index is 1.59. The van der Waals surface area contributed by atoms with Gasteiger partial charge in [-0.2, -0.15) is 5.10 Å². The molecule has 1 N–H and O–H groups in total. The van der Waals surface area contributed by atoms with Crippen molar-refractivity contribution >= 4 is 17.5 Å². The minimum Gasteiger partial charge on any atom is -0.497 e. The summed E-state index contributed by atoms with van der Waals surface area (Å²) in [6.45, 7) is 1.87. The minimum atomic E-state index is -0.0168. The zero-order valence-corrected chi connectivity index (χ0v) is 15.7. The van der Waals surface area contributed by atoms with E-state index in [1.54, 1.807) is 31.4 Å². The Kier molecular flexibility index (Phi) is 6.39. The molecule has 1 aromatic carbocycles. The molecule has 0 bridgehead atoms. The van der Waals surface area contributed by atoms with E-state index >= 15 is 0 Å². The number of hydrogen-bond acceptors (Lipinski definition) is 4. The van der Waals surface area contributed by atoms with E-state index < -0.39 is 0 Å². The van der Waals surface area contributed by atoms with Crippen LogP contribution in [0.5, 0.6) is 11.5 Å². The fraction of sp³-hybridized carbons (Fsp3) is 0.474. The normalized spacial score (nSPS) is 15.2. The van der Waals surface area contributed by atoms with Crippen molar-refractivity contribution in [3.8, 4) is 11.5 Å². The number of aromatic nitrogens is 2. The van der Waals surface area contributed by atoms with Crippen molar-refractivity contribution in [2.75, 3.05) is 20.2 Å². The van der Waals surface area contributed by atoms with Crippen LogP contribution in [0.25, 0.3) is 0 Å². The number of nitrogens with zero attached hydrogens (tertiary/aromatic N) is 2. The summed E-state index contributed by atoms with van der Waals surface area (Å²) in [6.07, 6.45) is 5.75. The van der Waals surface area contributed by atoms with Crippen molar-refractivity contribution in [1.29, 1.82) is 0 Å². The summed E-state index contributed by atoms with van der Waals surface area (Å²) in [4.78, 5) is 14.5. The van der Waals surface area contributed by atoms with Gasteiger partial charge >= 0.3 is 0 Å². The summed E-state index contributed by atoms with van der Waals surface area (Å²) in [5.41, 5.74) is 1.16. The van der Waals surface area contributed by atoms with Gasteiger partial charge in [0.15, 0.2) is 5.69 Å². The number of benzene rings is 1. The fourth-order valence-electron chi connectivity index (χ4n) is 3.04. The molecule has 1 aliphatic rings. The third-order valence-corrected chi connectivity index (χ3v) is 4.81. The maximum Gasteiger partial charge on any atom is 0.274 e. The number of rotatable bonds is 5. The average molecular weight is 378 g/mol. The van der Waals surface area contributed by atoms with E-state index in [9.17, 15) is 4.79 Å². The first-order valence-corrected chi connectivity index (χ1v) is 9.35. The van der Waals surface area contributed by atoms with Crippen molar-refractivity contribution in [1.82, 2.24) is 15.1 Å². The Labute approximate surface area is 158 Å². The molecule has 0 atom stereocenters. The molecule has 0 saturated carbocycles. The summed E-state index contributed by atoms with van der Waals surface area (Å²) in [5, 5.41) is 7.51. The van der Waals surface area contributed by atoms with E-state index in [1.807, 2.05) is 4.90 Å². The predicted octanol–water partition coefficient (Wildman–Crippen LogP) is 4.06. The number of amides is 1. The van der Waals surface area contributed by atoms with Crippen LogP contribution in [0.4, 0.5) is 0 Å². The molecule has 1 amide bonds. The second-order valence-corrected chi connectivity index (χ2v) is 6.83. The van der Waals surface area contributed by atoms with E-state index in [0.29, 0.717) is 22.2 Å². The Morgan fingerprint density at radius 2 is 1.92 bits per heavy atom. The number of halogens is 1. The van der Waals surface area contributed by atoms with Gasteiger partial charge in [0.1, 0.15) is 18.1 Å². The topological polar surface area (TPSA) is 67.5 Å². The molecule has 1 saturated heterocycles. The lowest BCUT2D eigenvalue weighted by Gasteiger charge is -2.23. The highest BCUT2D eigenvalue weighted by molar-refractivity contribution is 6.32. The van der Waals surface area contributed by atoms with Gasteiger partial charge in [0.25, 0.3) is 5.91 Å².